The summed E-state index contributed by atoms with van der Waals surface area (Å²) in [5, 5.41) is 7.27. The Bertz CT molecular complexity index is 1550. The molecule has 238 valence electrons. The standard InChI is InChI=1S/C34H37Cl2N3O6/c1-43-27-17-22(18-28(44-2)30(27)45-3)31(41)39-21-33(20-29(39)40,24-9-10-25(35)26(36)19-24)11-16-38-32(42)34(12-14-37-15-13-34)23-7-5-4-6-8-23/h4-10,17-19,37H,11-16,20-21H2,1-3H3,(H,38,42). The lowest BCUT2D eigenvalue weighted by Crippen LogP contribution is -2.51. The van der Waals surface area contributed by atoms with Crippen LogP contribution in [0.15, 0.2) is 60.7 Å². The van der Waals surface area contributed by atoms with Crippen molar-refractivity contribution < 1.29 is 28.6 Å². The molecule has 0 bridgehead atoms. The van der Waals surface area contributed by atoms with Crippen molar-refractivity contribution in [2.75, 3.05) is 47.5 Å². The molecule has 1 atom stereocenters. The van der Waals surface area contributed by atoms with Gasteiger partial charge in [-0.15, -0.1) is 0 Å². The molecule has 0 aromatic heterocycles. The summed E-state index contributed by atoms with van der Waals surface area (Å²) in [6.45, 7) is 1.85. The Morgan fingerprint density at radius 3 is 2.16 bits per heavy atom. The first kappa shape index (κ1) is 32.6. The van der Waals surface area contributed by atoms with Gasteiger partial charge in [0.15, 0.2) is 11.5 Å². The van der Waals surface area contributed by atoms with Gasteiger partial charge in [-0.2, -0.15) is 0 Å². The van der Waals surface area contributed by atoms with Gasteiger partial charge in [0.05, 0.1) is 36.8 Å². The monoisotopic (exact) mass is 653 g/mol. The van der Waals surface area contributed by atoms with Gasteiger partial charge in [0.2, 0.25) is 17.6 Å². The number of ether oxygens (including phenoxy) is 3. The van der Waals surface area contributed by atoms with Crippen molar-refractivity contribution in [3.8, 4) is 17.2 Å². The predicted octanol–water partition coefficient (Wildman–Crippen LogP) is 5.16. The topological polar surface area (TPSA) is 106 Å². The number of piperidine rings is 1. The highest BCUT2D eigenvalue weighted by Gasteiger charge is 2.48. The van der Waals surface area contributed by atoms with Crippen LogP contribution < -0.4 is 24.8 Å². The minimum atomic E-state index is -0.817. The molecule has 0 spiro atoms. The highest BCUT2D eigenvalue weighted by atomic mass is 35.5. The first-order valence-electron chi connectivity index (χ1n) is 14.8. The van der Waals surface area contributed by atoms with E-state index in [1.165, 1.54) is 38.4 Å². The van der Waals surface area contributed by atoms with Crippen LogP contribution in [0.3, 0.4) is 0 Å². The van der Waals surface area contributed by atoms with Crippen LogP contribution in [-0.4, -0.2) is 70.1 Å². The van der Waals surface area contributed by atoms with Gasteiger partial charge in [0.25, 0.3) is 5.91 Å². The van der Waals surface area contributed by atoms with E-state index in [-0.39, 0.29) is 30.3 Å². The number of halogens is 2. The van der Waals surface area contributed by atoms with Crippen molar-refractivity contribution in [2.24, 2.45) is 0 Å². The van der Waals surface area contributed by atoms with E-state index in [0.717, 1.165) is 24.2 Å². The number of carbonyl (C=O) groups is 3. The normalized spacial score (nSPS) is 19.2. The second-order valence-electron chi connectivity index (χ2n) is 11.5. The molecule has 2 heterocycles. The maximum absolute atomic E-state index is 13.9. The molecule has 0 radical (unpaired) electrons. The van der Waals surface area contributed by atoms with Crippen LogP contribution in [0.25, 0.3) is 0 Å². The van der Waals surface area contributed by atoms with Crippen LogP contribution in [0, 0.1) is 0 Å². The smallest absolute Gasteiger partial charge is 0.260 e. The Hall–Kier alpha value is -3.79. The molecule has 2 saturated heterocycles. The lowest BCUT2D eigenvalue weighted by molar-refractivity contribution is -0.128. The highest BCUT2D eigenvalue weighted by Crippen LogP contribution is 2.43. The number of nitrogens with zero attached hydrogens (tertiary/aromatic N) is 1. The summed E-state index contributed by atoms with van der Waals surface area (Å²) in [5.41, 5.74) is 0.499. The Labute approximate surface area is 273 Å². The van der Waals surface area contributed by atoms with Crippen LogP contribution in [0.5, 0.6) is 17.2 Å². The number of nitrogens with one attached hydrogen (secondary N) is 2. The third kappa shape index (κ3) is 6.34. The van der Waals surface area contributed by atoms with E-state index in [1.54, 1.807) is 12.1 Å². The summed E-state index contributed by atoms with van der Waals surface area (Å²) in [4.78, 5) is 42.6. The average molecular weight is 655 g/mol. The zero-order chi connectivity index (χ0) is 32.2. The van der Waals surface area contributed by atoms with Gasteiger partial charge in [0.1, 0.15) is 0 Å². The van der Waals surface area contributed by atoms with Crippen molar-refractivity contribution >= 4 is 40.9 Å². The Balaban J connectivity index is 1.42. The number of imide groups is 1. The lowest BCUT2D eigenvalue weighted by Gasteiger charge is -2.37. The fourth-order valence-corrected chi connectivity index (χ4v) is 6.85. The third-order valence-electron chi connectivity index (χ3n) is 9.05. The zero-order valence-electron chi connectivity index (χ0n) is 25.6. The maximum atomic E-state index is 13.9. The SMILES string of the molecule is COc1cc(C(=O)N2CC(CCNC(=O)C3(c4ccccc4)CCNCC3)(c3ccc(Cl)c(Cl)c3)CC2=O)cc(OC)c1OC. The molecule has 1 unspecified atom stereocenters. The van der Waals surface area contributed by atoms with Crippen LogP contribution in [-0.2, 0) is 20.4 Å². The number of carbonyl (C=O) groups excluding carboxylic acids is 3. The van der Waals surface area contributed by atoms with E-state index < -0.39 is 16.7 Å². The molecule has 9 nitrogen and oxygen atoms in total. The van der Waals surface area contributed by atoms with Crippen LogP contribution >= 0.6 is 23.2 Å². The van der Waals surface area contributed by atoms with Crippen LogP contribution in [0.1, 0.15) is 47.2 Å². The molecule has 2 N–H and O–H groups in total. The van der Waals surface area contributed by atoms with Crippen LogP contribution in [0.4, 0.5) is 0 Å². The molecular formula is C34H37Cl2N3O6. The van der Waals surface area contributed by atoms with Crippen molar-refractivity contribution in [3.63, 3.8) is 0 Å². The number of likely N-dealkylation sites (tertiary alicyclic amines) is 1. The number of benzene rings is 3. The van der Waals surface area contributed by atoms with Gasteiger partial charge in [-0.3, -0.25) is 19.3 Å². The predicted molar refractivity (Wildman–Crippen MR) is 173 cm³/mol. The fraction of sp³-hybridized carbons (Fsp3) is 0.382. The summed E-state index contributed by atoms with van der Waals surface area (Å²) in [7, 11) is 4.40. The largest absolute Gasteiger partial charge is 0.493 e. The minimum absolute atomic E-state index is 0.0464. The molecular weight excluding hydrogens is 617 g/mol. The molecule has 0 saturated carbocycles. The number of hydrogen-bond donors (Lipinski definition) is 2. The Morgan fingerprint density at radius 2 is 1.56 bits per heavy atom. The van der Waals surface area contributed by atoms with E-state index in [0.29, 0.717) is 53.1 Å². The molecule has 5 rings (SSSR count). The van der Waals surface area contributed by atoms with E-state index in [1.807, 2.05) is 36.4 Å². The Kier molecular flexibility index (Phi) is 9.91. The summed E-state index contributed by atoms with van der Waals surface area (Å²) < 4.78 is 16.2. The first-order chi connectivity index (χ1) is 21.7. The third-order valence-corrected chi connectivity index (χ3v) is 9.79. The van der Waals surface area contributed by atoms with Crippen molar-refractivity contribution in [3.05, 3.63) is 87.4 Å². The molecule has 3 amide bonds. The summed E-state index contributed by atoms with van der Waals surface area (Å²) in [5.74, 6) is 0.0562. The quantitative estimate of drug-likeness (QED) is 0.291. The summed E-state index contributed by atoms with van der Waals surface area (Å²) >= 11 is 12.7. The Morgan fingerprint density at radius 1 is 0.889 bits per heavy atom. The van der Waals surface area contributed by atoms with E-state index in [2.05, 4.69) is 10.6 Å². The molecule has 3 aromatic rings. The van der Waals surface area contributed by atoms with Gasteiger partial charge >= 0.3 is 0 Å². The van der Waals surface area contributed by atoms with E-state index >= 15 is 0 Å². The van der Waals surface area contributed by atoms with Crippen molar-refractivity contribution in [1.82, 2.24) is 15.5 Å². The van der Waals surface area contributed by atoms with Gasteiger partial charge in [0, 0.05) is 30.5 Å². The summed E-state index contributed by atoms with van der Waals surface area (Å²) in [6.07, 6.45) is 1.79. The average Bonchev–Trinajstić information content (AvgIpc) is 3.42. The molecule has 3 aromatic carbocycles. The van der Waals surface area contributed by atoms with Gasteiger partial charge < -0.3 is 24.8 Å². The fourth-order valence-electron chi connectivity index (χ4n) is 6.55. The molecule has 2 aliphatic rings. The maximum Gasteiger partial charge on any atom is 0.260 e. The molecule has 45 heavy (non-hydrogen) atoms. The molecule has 2 aliphatic heterocycles. The van der Waals surface area contributed by atoms with E-state index in [4.69, 9.17) is 37.4 Å². The zero-order valence-corrected chi connectivity index (χ0v) is 27.1. The molecule has 0 aliphatic carbocycles. The van der Waals surface area contributed by atoms with Gasteiger partial charge in [-0.05, 0) is 67.7 Å². The van der Waals surface area contributed by atoms with E-state index in [9.17, 15) is 14.4 Å². The summed E-state index contributed by atoms with van der Waals surface area (Å²) in [6, 6.07) is 18.2. The molecule has 11 heteroatoms. The lowest BCUT2D eigenvalue weighted by atomic mass is 9.72. The number of hydrogen-bond acceptors (Lipinski definition) is 7. The number of amides is 3. The van der Waals surface area contributed by atoms with Crippen molar-refractivity contribution in [2.45, 2.75) is 36.5 Å². The molecule has 2 fully saturated rings. The first-order valence-corrected chi connectivity index (χ1v) is 15.6. The highest BCUT2D eigenvalue weighted by molar-refractivity contribution is 6.42. The van der Waals surface area contributed by atoms with Crippen LogP contribution in [0.2, 0.25) is 10.0 Å². The minimum Gasteiger partial charge on any atom is -0.493 e. The number of rotatable bonds is 10. The van der Waals surface area contributed by atoms with Crippen molar-refractivity contribution in [1.29, 1.82) is 0 Å². The second kappa shape index (κ2) is 13.7. The number of methoxy groups -OCH3 is 3. The van der Waals surface area contributed by atoms with Gasteiger partial charge in [-0.1, -0.05) is 59.6 Å². The second-order valence-corrected chi connectivity index (χ2v) is 12.3. The van der Waals surface area contributed by atoms with Gasteiger partial charge in [-0.25, -0.2) is 0 Å².